The van der Waals surface area contributed by atoms with Gasteiger partial charge in [-0.25, -0.2) is 13.2 Å². The number of rotatable bonds is 3. The van der Waals surface area contributed by atoms with Crippen molar-refractivity contribution in [1.82, 2.24) is 0 Å². The highest BCUT2D eigenvalue weighted by atomic mass is 32.2. The van der Waals surface area contributed by atoms with Gasteiger partial charge in [0.2, 0.25) is 0 Å². The van der Waals surface area contributed by atoms with E-state index in [0.29, 0.717) is 6.07 Å². The zero-order valence-electron chi connectivity index (χ0n) is 10.2. The molecule has 0 aliphatic rings. The van der Waals surface area contributed by atoms with Crippen LogP contribution in [0.1, 0.15) is 5.56 Å². The Morgan fingerprint density at radius 3 is 2.15 bits per heavy atom. The lowest BCUT2D eigenvalue weighted by atomic mass is 10.2. The van der Waals surface area contributed by atoms with Gasteiger partial charge < -0.3 is 4.18 Å². The third-order valence-corrected chi connectivity index (χ3v) is 3.76. The molecule has 7 heteroatoms. The molecule has 2 aromatic rings. The lowest BCUT2D eigenvalue weighted by Gasteiger charge is -2.08. The monoisotopic (exact) mass is 302 g/mol. The van der Waals surface area contributed by atoms with Crippen molar-refractivity contribution in [2.24, 2.45) is 0 Å². The third-order valence-electron chi connectivity index (χ3n) is 2.52. The van der Waals surface area contributed by atoms with Gasteiger partial charge in [0.15, 0.2) is 11.6 Å². The number of hydrogen-bond donors (Lipinski definition) is 0. The topological polar surface area (TPSA) is 43.4 Å². The fraction of sp³-hybridized carbons (Fsp3) is 0.0769. The zero-order chi connectivity index (χ0) is 14.9. The summed E-state index contributed by atoms with van der Waals surface area (Å²) in [6.07, 6.45) is 0. The maximum absolute atomic E-state index is 13.1. The summed E-state index contributed by atoms with van der Waals surface area (Å²) in [5, 5.41) is 0. The second-order valence-corrected chi connectivity index (χ2v) is 5.57. The molecule has 20 heavy (non-hydrogen) atoms. The van der Waals surface area contributed by atoms with E-state index in [1.807, 2.05) is 0 Å². The van der Waals surface area contributed by atoms with Crippen molar-refractivity contribution in [3.63, 3.8) is 0 Å². The highest BCUT2D eigenvalue weighted by Crippen LogP contribution is 2.22. The first kappa shape index (κ1) is 14.4. The van der Waals surface area contributed by atoms with Gasteiger partial charge in [0.25, 0.3) is 0 Å². The fourth-order valence-electron chi connectivity index (χ4n) is 1.48. The van der Waals surface area contributed by atoms with Crippen LogP contribution in [-0.2, 0) is 10.1 Å². The maximum atomic E-state index is 13.1. The van der Waals surface area contributed by atoms with E-state index in [0.717, 1.165) is 30.3 Å². The molecule has 0 radical (unpaired) electrons. The van der Waals surface area contributed by atoms with E-state index in [1.54, 1.807) is 0 Å². The molecule has 0 saturated heterocycles. The second kappa shape index (κ2) is 5.16. The molecule has 0 fully saturated rings. The van der Waals surface area contributed by atoms with Gasteiger partial charge in [-0.3, -0.25) is 0 Å². The summed E-state index contributed by atoms with van der Waals surface area (Å²) in [4.78, 5) is -0.277. The van der Waals surface area contributed by atoms with Gasteiger partial charge in [0, 0.05) is 6.07 Å². The molecule has 2 aromatic carbocycles. The summed E-state index contributed by atoms with van der Waals surface area (Å²) >= 11 is 0. The van der Waals surface area contributed by atoms with Crippen LogP contribution in [0.3, 0.4) is 0 Å². The summed E-state index contributed by atoms with van der Waals surface area (Å²) in [5.41, 5.74) is 0.125. The van der Waals surface area contributed by atoms with Gasteiger partial charge in [-0.1, -0.05) is 0 Å². The minimum atomic E-state index is -4.24. The van der Waals surface area contributed by atoms with E-state index in [4.69, 9.17) is 0 Å². The molecule has 0 saturated carbocycles. The molecule has 0 bridgehead atoms. The predicted molar refractivity (Wildman–Crippen MR) is 65.3 cm³/mol. The highest BCUT2D eigenvalue weighted by Gasteiger charge is 2.18. The molecule has 0 amide bonds. The Bertz CT molecular complexity index is 757. The minimum absolute atomic E-state index is 0.125. The van der Waals surface area contributed by atoms with Crippen LogP contribution in [0.4, 0.5) is 13.2 Å². The molecule has 0 unspecified atom stereocenters. The molecule has 3 nitrogen and oxygen atoms in total. The van der Waals surface area contributed by atoms with Gasteiger partial charge in [-0.2, -0.15) is 8.42 Å². The van der Waals surface area contributed by atoms with Crippen molar-refractivity contribution in [1.29, 1.82) is 0 Å². The van der Waals surface area contributed by atoms with Gasteiger partial charge in [-0.05, 0) is 42.8 Å². The maximum Gasteiger partial charge on any atom is 0.339 e. The quantitative estimate of drug-likeness (QED) is 0.818. The summed E-state index contributed by atoms with van der Waals surface area (Å²) in [7, 11) is -4.24. The van der Waals surface area contributed by atoms with Crippen molar-refractivity contribution < 1.29 is 25.8 Å². The molecule has 0 atom stereocenters. The lowest BCUT2D eigenvalue weighted by Crippen LogP contribution is -2.10. The van der Waals surface area contributed by atoms with Crippen LogP contribution in [0.2, 0.25) is 0 Å². The average molecular weight is 302 g/mol. The molecule has 0 N–H and O–H groups in total. The molecule has 0 aliphatic heterocycles. The largest absolute Gasteiger partial charge is 0.379 e. The number of hydrogen-bond acceptors (Lipinski definition) is 3. The van der Waals surface area contributed by atoms with Gasteiger partial charge in [0.1, 0.15) is 16.5 Å². The Morgan fingerprint density at radius 1 is 0.900 bits per heavy atom. The Morgan fingerprint density at radius 2 is 1.55 bits per heavy atom. The van der Waals surface area contributed by atoms with Crippen LogP contribution in [0.15, 0.2) is 41.3 Å². The van der Waals surface area contributed by atoms with Crippen molar-refractivity contribution in [3.05, 3.63) is 59.4 Å². The highest BCUT2D eigenvalue weighted by molar-refractivity contribution is 7.87. The summed E-state index contributed by atoms with van der Waals surface area (Å²) in [6, 6.07) is 5.44. The van der Waals surface area contributed by atoms with E-state index < -0.39 is 27.6 Å². The smallest absolute Gasteiger partial charge is 0.339 e. The first-order chi connectivity index (χ1) is 9.29. The lowest BCUT2D eigenvalue weighted by molar-refractivity contribution is 0.472. The minimum Gasteiger partial charge on any atom is -0.379 e. The summed E-state index contributed by atoms with van der Waals surface area (Å²) in [5.74, 6) is -3.27. The third kappa shape index (κ3) is 2.93. The summed E-state index contributed by atoms with van der Waals surface area (Å²) in [6.45, 7) is 1.39. The SMILES string of the molecule is Cc1cc(S(=O)(=O)Oc2ccc(F)c(F)c2)ccc1F. The van der Waals surface area contributed by atoms with E-state index in [1.165, 1.54) is 6.92 Å². The van der Waals surface area contributed by atoms with Crippen LogP contribution >= 0.6 is 0 Å². The van der Waals surface area contributed by atoms with Gasteiger partial charge in [-0.15, -0.1) is 0 Å². The summed E-state index contributed by atoms with van der Waals surface area (Å²) < 4.78 is 67.3. The Hall–Kier alpha value is -2.02. The Kier molecular flexibility index (Phi) is 3.71. The van der Waals surface area contributed by atoms with Crippen molar-refractivity contribution in [2.75, 3.05) is 0 Å². The van der Waals surface area contributed by atoms with Crippen molar-refractivity contribution in [3.8, 4) is 5.75 Å². The van der Waals surface area contributed by atoms with Crippen molar-refractivity contribution in [2.45, 2.75) is 11.8 Å². The number of aryl methyl sites for hydroxylation is 1. The standard InChI is InChI=1S/C13H9F3O3S/c1-8-6-10(3-5-11(8)14)20(17,18)19-9-2-4-12(15)13(16)7-9/h2-7H,1H3. The molecule has 0 aromatic heterocycles. The van der Waals surface area contributed by atoms with Crippen LogP contribution < -0.4 is 4.18 Å². The number of halogens is 3. The molecular weight excluding hydrogens is 293 g/mol. The molecule has 106 valence electrons. The molecule has 0 aliphatic carbocycles. The predicted octanol–water partition coefficient (Wildman–Crippen LogP) is 3.18. The van der Waals surface area contributed by atoms with Crippen LogP contribution in [0.5, 0.6) is 5.75 Å². The van der Waals surface area contributed by atoms with Gasteiger partial charge >= 0.3 is 10.1 Å². The molecule has 2 rings (SSSR count). The second-order valence-electron chi connectivity index (χ2n) is 4.02. The van der Waals surface area contributed by atoms with E-state index >= 15 is 0 Å². The Labute approximate surface area is 113 Å². The van der Waals surface area contributed by atoms with E-state index in [-0.39, 0.29) is 16.2 Å². The molecular formula is C13H9F3O3S. The fourth-order valence-corrected chi connectivity index (χ4v) is 2.49. The average Bonchev–Trinajstić information content (AvgIpc) is 2.37. The van der Waals surface area contributed by atoms with Crippen LogP contribution in [0.25, 0.3) is 0 Å². The van der Waals surface area contributed by atoms with Gasteiger partial charge in [0.05, 0.1) is 0 Å². The first-order valence-corrected chi connectivity index (χ1v) is 6.86. The van der Waals surface area contributed by atoms with Crippen molar-refractivity contribution >= 4 is 10.1 Å². The van der Waals surface area contributed by atoms with E-state index in [2.05, 4.69) is 4.18 Å². The molecule has 0 spiro atoms. The van der Waals surface area contributed by atoms with Crippen LogP contribution in [0, 0.1) is 24.4 Å². The Balaban J connectivity index is 2.35. The normalized spacial score (nSPS) is 11.4. The zero-order valence-corrected chi connectivity index (χ0v) is 11.0. The number of benzene rings is 2. The molecule has 0 heterocycles. The van der Waals surface area contributed by atoms with Crippen LogP contribution in [-0.4, -0.2) is 8.42 Å². The first-order valence-electron chi connectivity index (χ1n) is 5.45. The van der Waals surface area contributed by atoms with E-state index in [9.17, 15) is 21.6 Å².